The molecule has 4 fully saturated rings. The van der Waals surface area contributed by atoms with Crippen LogP contribution in [0.1, 0.15) is 111 Å². The molecule has 36 heavy (non-hydrogen) atoms. The lowest BCUT2D eigenvalue weighted by molar-refractivity contribution is -0.152. The Kier molecular flexibility index (Phi) is 7.68. The lowest BCUT2D eigenvalue weighted by Gasteiger charge is -2.63. The molecule has 10 atom stereocenters. The maximum atomic E-state index is 13.5. The third kappa shape index (κ3) is 4.71. The number of fused-ring (bicyclic) bond motifs is 5. The Bertz CT molecular complexity index is 878. The first-order valence-electron chi connectivity index (χ1n) is 15.6. The number of aliphatic hydroxyl groups excluding tert-OH is 1. The summed E-state index contributed by atoms with van der Waals surface area (Å²) in [5.41, 5.74) is 2.09. The molecule has 0 saturated heterocycles. The molecule has 4 aliphatic carbocycles. The zero-order valence-corrected chi connectivity index (χ0v) is 23.8. The first kappa shape index (κ1) is 26.7. The Morgan fingerprint density at radius 3 is 2.22 bits per heavy atom. The smallest absolute Gasteiger partial charge is 0.123 e. The van der Waals surface area contributed by atoms with Gasteiger partial charge in [0.15, 0.2) is 0 Å². The highest BCUT2D eigenvalue weighted by Gasteiger charge is 2.61. The lowest BCUT2D eigenvalue weighted by atomic mass is 9.42. The van der Waals surface area contributed by atoms with Crippen LogP contribution in [0.3, 0.4) is 0 Å². The number of hydrogen-bond donors (Lipinski definition) is 1. The van der Waals surface area contributed by atoms with Crippen molar-refractivity contribution >= 4 is 0 Å². The summed E-state index contributed by atoms with van der Waals surface area (Å²) in [5, 5.41) is 11.2. The summed E-state index contributed by atoms with van der Waals surface area (Å²) in [6.07, 6.45) is 15.4. The van der Waals surface area contributed by atoms with Crippen molar-refractivity contribution in [3.8, 4) is 0 Å². The second-order valence-corrected chi connectivity index (χ2v) is 14.7. The predicted molar refractivity (Wildman–Crippen MR) is 148 cm³/mol. The van der Waals surface area contributed by atoms with E-state index >= 15 is 0 Å². The molecule has 3 unspecified atom stereocenters. The molecule has 1 nitrogen and oxygen atoms in total. The first-order valence-corrected chi connectivity index (χ1v) is 15.6. The predicted octanol–water partition coefficient (Wildman–Crippen LogP) is 9.08. The maximum absolute atomic E-state index is 13.5. The van der Waals surface area contributed by atoms with E-state index in [1.807, 2.05) is 12.1 Å². The lowest BCUT2D eigenvalue weighted by Crippen LogP contribution is -2.57. The van der Waals surface area contributed by atoms with E-state index in [1.165, 1.54) is 69.8 Å². The number of hydrogen-bond acceptors (Lipinski definition) is 1. The molecule has 0 heterocycles. The molecule has 1 aromatic rings. The first-order chi connectivity index (χ1) is 17.1. The van der Waals surface area contributed by atoms with Crippen LogP contribution in [0.15, 0.2) is 24.3 Å². The Balaban J connectivity index is 1.31. The van der Waals surface area contributed by atoms with E-state index < -0.39 is 0 Å². The van der Waals surface area contributed by atoms with Gasteiger partial charge < -0.3 is 5.11 Å². The summed E-state index contributed by atoms with van der Waals surface area (Å²) in [6, 6.07) is 7.05. The van der Waals surface area contributed by atoms with Gasteiger partial charge in [-0.05, 0) is 134 Å². The average molecular weight is 497 g/mol. The third-order valence-electron chi connectivity index (χ3n) is 12.5. The zero-order valence-electron chi connectivity index (χ0n) is 23.8. The van der Waals surface area contributed by atoms with E-state index in [0.717, 1.165) is 48.3 Å². The summed E-state index contributed by atoms with van der Waals surface area (Å²) >= 11 is 0. The molecule has 202 valence electrons. The monoisotopic (exact) mass is 496 g/mol. The molecular weight excluding hydrogens is 443 g/mol. The molecule has 0 radical (unpaired) electrons. The van der Waals surface area contributed by atoms with E-state index in [2.05, 4.69) is 34.6 Å². The Hall–Kier alpha value is -0.890. The second kappa shape index (κ2) is 10.3. The van der Waals surface area contributed by atoms with Gasteiger partial charge >= 0.3 is 0 Å². The topological polar surface area (TPSA) is 20.2 Å². The molecule has 5 rings (SSSR count). The molecule has 1 N–H and O–H groups in total. The fraction of sp³-hybridized carbons (Fsp3) is 0.824. The van der Waals surface area contributed by atoms with Gasteiger partial charge in [-0.15, -0.1) is 0 Å². The van der Waals surface area contributed by atoms with Crippen molar-refractivity contribution in [3.63, 3.8) is 0 Å². The zero-order chi connectivity index (χ0) is 25.7. The third-order valence-corrected chi connectivity index (χ3v) is 12.5. The molecule has 4 saturated carbocycles. The number of aliphatic hydroxyl groups is 1. The molecule has 0 bridgehead atoms. The van der Waals surface area contributed by atoms with E-state index in [4.69, 9.17) is 0 Å². The quantitative estimate of drug-likeness (QED) is 0.399. The minimum atomic E-state index is -0.207. The highest BCUT2D eigenvalue weighted by atomic mass is 19.1. The van der Waals surface area contributed by atoms with Crippen molar-refractivity contribution in [2.24, 2.45) is 58.2 Å². The van der Waals surface area contributed by atoms with E-state index in [0.29, 0.717) is 22.7 Å². The van der Waals surface area contributed by atoms with Gasteiger partial charge in [0.25, 0.3) is 0 Å². The van der Waals surface area contributed by atoms with E-state index in [9.17, 15) is 9.50 Å². The van der Waals surface area contributed by atoms with Crippen LogP contribution in [-0.4, -0.2) is 11.2 Å². The second-order valence-electron chi connectivity index (χ2n) is 14.7. The van der Waals surface area contributed by atoms with Crippen LogP contribution < -0.4 is 0 Å². The fourth-order valence-corrected chi connectivity index (χ4v) is 10.7. The van der Waals surface area contributed by atoms with Gasteiger partial charge in [0.2, 0.25) is 0 Å². The Labute approximate surface area is 221 Å². The van der Waals surface area contributed by atoms with Crippen LogP contribution in [0, 0.1) is 64.0 Å². The molecule has 1 aromatic carbocycles. The normalized spacial score (nSPS) is 43.1. The van der Waals surface area contributed by atoms with Crippen molar-refractivity contribution in [1.82, 2.24) is 0 Å². The summed E-state index contributed by atoms with van der Waals surface area (Å²) in [4.78, 5) is 0. The Morgan fingerprint density at radius 2 is 1.50 bits per heavy atom. The van der Waals surface area contributed by atoms with Crippen LogP contribution in [0.5, 0.6) is 0 Å². The summed E-state index contributed by atoms with van der Waals surface area (Å²) < 4.78 is 13.5. The van der Waals surface area contributed by atoms with Crippen LogP contribution in [0.25, 0.3) is 0 Å². The van der Waals surface area contributed by atoms with Crippen LogP contribution in [-0.2, 0) is 6.42 Å². The largest absolute Gasteiger partial charge is 0.393 e. The van der Waals surface area contributed by atoms with Gasteiger partial charge in [-0.2, -0.15) is 0 Å². The standard InChI is InChI=1S/C34H53FO/c1-22(2)7-6-8-23(3)28-15-16-29-26-13-14-30-27(21-24-9-11-25(35)12-10-24)32(36)18-20-34(30,5)31(26)17-19-33(28,29)4/h9-12,22-23,26-32,36H,6-8,13-21H2,1-5H3/t23-,26+,27?,28-,29+,30?,31+,32?,33-,34+/m1/s1. The molecule has 0 aromatic heterocycles. The molecular formula is C34H53FO. The number of rotatable bonds is 7. The molecule has 2 heteroatoms. The van der Waals surface area contributed by atoms with Crippen LogP contribution >= 0.6 is 0 Å². The van der Waals surface area contributed by atoms with E-state index in [-0.39, 0.29) is 11.9 Å². The minimum absolute atomic E-state index is 0.164. The SMILES string of the molecule is CC(C)CCC[C@@H](C)[C@H]1CC[C@H]2[C@@H]3CCC4C(Cc5ccc(F)cc5)C(O)CC[C@]4(C)[C@H]3CC[C@]12C. The number of halogens is 1. The minimum Gasteiger partial charge on any atom is -0.393 e. The molecule has 0 aliphatic heterocycles. The van der Waals surface area contributed by atoms with Crippen molar-refractivity contribution in [3.05, 3.63) is 35.6 Å². The average Bonchev–Trinajstić information content (AvgIpc) is 3.19. The van der Waals surface area contributed by atoms with Gasteiger partial charge in [0.05, 0.1) is 6.10 Å². The summed E-state index contributed by atoms with van der Waals surface area (Å²) in [7, 11) is 0. The molecule has 4 aliphatic rings. The van der Waals surface area contributed by atoms with Crippen molar-refractivity contribution in [2.45, 2.75) is 118 Å². The van der Waals surface area contributed by atoms with Gasteiger partial charge in [0, 0.05) is 0 Å². The van der Waals surface area contributed by atoms with Crippen LogP contribution in [0.2, 0.25) is 0 Å². The van der Waals surface area contributed by atoms with Gasteiger partial charge in [-0.25, -0.2) is 4.39 Å². The summed E-state index contributed by atoms with van der Waals surface area (Å²) in [6.45, 7) is 12.6. The van der Waals surface area contributed by atoms with Crippen molar-refractivity contribution in [2.75, 3.05) is 0 Å². The van der Waals surface area contributed by atoms with Gasteiger partial charge in [-0.3, -0.25) is 0 Å². The van der Waals surface area contributed by atoms with Gasteiger partial charge in [-0.1, -0.05) is 66.0 Å². The fourth-order valence-electron chi connectivity index (χ4n) is 10.7. The maximum Gasteiger partial charge on any atom is 0.123 e. The van der Waals surface area contributed by atoms with Crippen molar-refractivity contribution in [1.29, 1.82) is 0 Å². The highest BCUT2D eigenvalue weighted by molar-refractivity contribution is 5.19. The van der Waals surface area contributed by atoms with E-state index in [1.54, 1.807) is 12.1 Å². The molecule has 0 amide bonds. The Morgan fingerprint density at radius 1 is 0.833 bits per heavy atom. The number of benzene rings is 1. The van der Waals surface area contributed by atoms with Gasteiger partial charge in [0.1, 0.15) is 5.82 Å². The summed E-state index contributed by atoms with van der Waals surface area (Å²) in [5.74, 6) is 6.00. The van der Waals surface area contributed by atoms with Crippen molar-refractivity contribution < 1.29 is 9.50 Å². The van der Waals surface area contributed by atoms with Crippen LogP contribution in [0.4, 0.5) is 4.39 Å². The highest BCUT2D eigenvalue weighted by Crippen LogP contribution is 2.69. The molecule has 0 spiro atoms.